The molecule has 0 aliphatic carbocycles. The molecule has 0 unspecified atom stereocenters. The van der Waals surface area contributed by atoms with Crippen LogP contribution < -0.4 is 0 Å². The summed E-state index contributed by atoms with van der Waals surface area (Å²) in [5, 5.41) is 0. The minimum absolute atomic E-state index is 0.0177. The molecular weight excluding hydrogens is 233 g/mol. The number of alkyl halides is 3. The van der Waals surface area contributed by atoms with Gasteiger partial charge < -0.3 is 4.74 Å². The van der Waals surface area contributed by atoms with Gasteiger partial charge in [-0.25, -0.2) is 0 Å². The molecule has 0 aliphatic rings. The first-order valence-corrected chi connectivity index (χ1v) is 5.24. The Balaban J connectivity index is 2.14. The van der Waals surface area contributed by atoms with Gasteiger partial charge in [-0.15, -0.1) is 0 Å². The molecule has 94 valence electrons. The highest BCUT2D eigenvalue weighted by molar-refractivity contribution is 5.70. The highest BCUT2D eigenvalue weighted by Crippen LogP contribution is 2.19. The molecule has 0 bridgehead atoms. The number of aryl methyl sites for hydroxylation is 1. The van der Waals surface area contributed by atoms with E-state index in [0.717, 1.165) is 5.56 Å². The molecule has 0 N–H and O–H groups in total. The molecule has 0 saturated carbocycles. The number of benzene rings is 1. The molecule has 0 amide bonds. The Morgan fingerprint density at radius 2 is 1.82 bits per heavy atom. The third-order valence-corrected chi connectivity index (χ3v) is 2.06. The van der Waals surface area contributed by atoms with Crippen molar-refractivity contribution in [1.82, 2.24) is 0 Å². The maximum Gasteiger partial charge on any atom is 0.399 e. The number of esters is 1. The fraction of sp³-hybridized carbons (Fsp3) is 0.417. The minimum Gasteiger partial charge on any atom is -0.465 e. The molecule has 17 heavy (non-hydrogen) atoms. The maximum atomic E-state index is 11.8. The largest absolute Gasteiger partial charge is 0.465 e. The van der Waals surface area contributed by atoms with Gasteiger partial charge in [0.25, 0.3) is 0 Å². The zero-order valence-corrected chi connectivity index (χ0v) is 9.17. The van der Waals surface area contributed by atoms with Gasteiger partial charge >= 0.3 is 12.1 Å². The number of ether oxygens (including phenoxy) is 1. The van der Waals surface area contributed by atoms with E-state index in [9.17, 15) is 18.0 Å². The number of hydrogen-bond acceptors (Lipinski definition) is 2. The summed E-state index contributed by atoms with van der Waals surface area (Å²) in [6.07, 6.45) is -4.80. The van der Waals surface area contributed by atoms with E-state index in [-0.39, 0.29) is 6.61 Å². The molecule has 1 aromatic rings. The van der Waals surface area contributed by atoms with Crippen LogP contribution in [-0.4, -0.2) is 18.8 Å². The van der Waals surface area contributed by atoms with E-state index < -0.39 is 18.6 Å². The SMILES string of the molecule is O=C(CC(F)(F)F)OCCCc1ccccc1. The van der Waals surface area contributed by atoms with E-state index >= 15 is 0 Å². The lowest BCUT2D eigenvalue weighted by Gasteiger charge is -2.07. The van der Waals surface area contributed by atoms with Crippen LogP contribution in [-0.2, 0) is 16.0 Å². The molecule has 5 heteroatoms. The highest BCUT2D eigenvalue weighted by Gasteiger charge is 2.32. The van der Waals surface area contributed by atoms with Crippen LogP contribution in [0.4, 0.5) is 13.2 Å². The first-order chi connectivity index (χ1) is 7.97. The lowest BCUT2D eigenvalue weighted by Crippen LogP contribution is -2.17. The van der Waals surface area contributed by atoms with Gasteiger partial charge in [0.2, 0.25) is 0 Å². The average molecular weight is 246 g/mol. The lowest BCUT2D eigenvalue weighted by atomic mass is 10.1. The van der Waals surface area contributed by atoms with Crippen molar-refractivity contribution in [1.29, 1.82) is 0 Å². The van der Waals surface area contributed by atoms with Crippen molar-refractivity contribution >= 4 is 5.97 Å². The molecule has 2 nitrogen and oxygen atoms in total. The average Bonchev–Trinajstić information content (AvgIpc) is 2.23. The van der Waals surface area contributed by atoms with Gasteiger partial charge in [-0.1, -0.05) is 30.3 Å². The molecular formula is C12H13F3O2. The van der Waals surface area contributed by atoms with Gasteiger partial charge in [-0.2, -0.15) is 13.2 Å². The number of halogens is 3. The molecule has 1 aromatic carbocycles. The summed E-state index contributed by atoms with van der Waals surface area (Å²) in [7, 11) is 0. The monoisotopic (exact) mass is 246 g/mol. The topological polar surface area (TPSA) is 26.3 Å². The van der Waals surface area contributed by atoms with Gasteiger partial charge in [0.1, 0.15) is 6.42 Å². The van der Waals surface area contributed by atoms with E-state index in [4.69, 9.17) is 0 Å². The van der Waals surface area contributed by atoms with Crippen molar-refractivity contribution in [2.45, 2.75) is 25.4 Å². The van der Waals surface area contributed by atoms with E-state index in [1.54, 1.807) is 0 Å². The summed E-state index contributed by atoms with van der Waals surface area (Å²) < 4.78 is 39.8. The molecule has 0 spiro atoms. The quantitative estimate of drug-likeness (QED) is 0.589. The van der Waals surface area contributed by atoms with E-state index in [1.165, 1.54) is 0 Å². The second-order valence-electron chi connectivity index (χ2n) is 3.60. The Labute approximate surface area is 97.4 Å². The fourth-order valence-corrected chi connectivity index (χ4v) is 1.32. The summed E-state index contributed by atoms with van der Waals surface area (Å²) in [5.41, 5.74) is 1.07. The van der Waals surface area contributed by atoms with Crippen LogP contribution >= 0.6 is 0 Å². The van der Waals surface area contributed by atoms with Crippen LogP contribution in [0.25, 0.3) is 0 Å². The minimum atomic E-state index is -4.49. The molecule has 0 heterocycles. The van der Waals surface area contributed by atoms with Crippen LogP contribution in [0.3, 0.4) is 0 Å². The van der Waals surface area contributed by atoms with Crippen LogP contribution in [0.5, 0.6) is 0 Å². The second kappa shape index (κ2) is 6.27. The number of rotatable bonds is 5. The number of carbonyl (C=O) groups excluding carboxylic acids is 1. The summed E-state index contributed by atoms with van der Waals surface area (Å²) in [6, 6.07) is 9.47. The summed E-state index contributed by atoms with van der Waals surface area (Å²) in [4.78, 5) is 10.7. The van der Waals surface area contributed by atoms with Crippen LogP contribution in [0.2, 0.25) is 0 Å². The van der Waals surface area contributed by atoms with Crippen LogP contribution in [0.15, 0.2) is 30.3 Å². The predicted molar refractivity (Wildman–Crippen MR) is 56.4 cm³/mol. The van der Waals surface area contributed by atoms with Crippen LogP contribution in [0.1, 0.15) is 18.4 Å². The Kier molecular flexibility index (Phi) is 5.00. The Hall–Kier alpha value is -1.52. The van der Waals surface area contributed by atoms with Gasteiger partial charge in [-0.3, -0.25) is 4.79 Å². The summed E-state index contributed by atoms with van der Waals surface area (Å²) in [6.45, 7) is 0.0177. The smallest absolute Gasteiger partial charge is 0.399 e. The first kappa shape index (κ1) is 13.5. The molecule has 0 fully saturated rings. The fourth-order valence-electron chi connectivity index (χ4n) is 1.32. The normalized spacial score (nSPS) is 11.2. The Bertz CT molecular complexity index is 347. The summed E-state index contributed by atoms with van der Waals surface area (Å²) >= 11 is 0. The van der Waals surface area contributed by atoms with Crippen molar-refractivity contribution in [2.75, 3.05) is 6.61 Å². The van der Waals surface area contributed by atoms with Crippen molar-refractivity contribution in [3.05, 3.63) is 35.9 Å². The molecule has 1 rings (SSSR count). The van der Waals surface area contributed by atoms with Gasteiger partial charge in [0.15, 0.2) is 0 Å². The molecule has 0 aliphatic heterocycles. The Morgan fingerprint density at radius 1 is 1.18 bits per heavy atom. The molecule has 0 atom stereocenters. The molecule has 0 aromatic heterocycles. The number of carbonyl (C=O) groups is 1. The zero-order valence-electron chi connectivity index (χ0n) is 9.17. The van der Waals surface area contributed by atoms with Crippen molar-refractivity contribution in [3.8, 4) is 0 Å². The maximum absolute atomic E-state index is 11.8. The van der Waals surface area contributed by atoms with Crippen molar-refractivity contribution in [2.24, 2.45) is 0 Å². The first-order valence-electron chi connectivity index (χ1n) is 5.24. The van der Waals surface area contributed by atoms with Gasteiger partial charge in [0.05, 0.1) is 6.61 Å². The van der Waals surface area contributed by atoms with Gasteiger partial charge in [-0.05, 0) is 18.4 Å². The van der Waals surface area contributed by atoms with E-state index in [2.05, 4.69) is 4.74 Å². The highest BCUT2D eigenvalue weighted by atomic mass is 19.4. The molecule has 0 saturated heterocycles. The molecule has 0 radical (unpaired) electrons. The second-order valence-corrected chi connectivity index (χ2v) is 3.60. The third kappa shape index (κ3) is 6.60. The van der Waals surface area contributed by atoms with E-state index in [1.807, 2.05) is 30.3 Å². The summed E-state index contributed by atoms with van der Waals surface area (Å²) in [5.74, 6) is -1.22. The zero-order chi connectivity index (χ0) is 12.7. The van der Waals surface area contributed by atoms with Crippen molar-refractivity contribution < 1.29 is 22.7 Å². The van der Waals surface area contributed by atoms with Crippen LogP contribution in [0, 0.1) is 0 Å². The standard InChI is InChI=1S/C12H13F3O2/c13-12(14,15)9-11(16)17-8-4-7-10-5-2-1-3-6-10/h1-3,5-6H,4,7-9H2. The van der Waals surface area contributed by atoms with E-state index in [0.29, 0.717) is 12.8 Å². The number of hydrogen-bond donors (Lipinski definition) is 0. The lowest BCUT2D eigenvalue weighted by molar-refractivity contribution is -0.171. The predicted octanol–water partition coefficient (Wildman–Crippen LogP) is 3.11. The Morgan fingerprint density at radius 3 is 2.41 bits per heavy atom. The van der Waals surface area contributed by atoms with Gasteiger partial charge in [0, 0.05) is 0 Å². The van der Waals surface area contributed by atoms with Crippen molar-refractivity contribution in [3.63, 3.8) is 0 Å². The third-order valence-electron chi connectivity index (χ3n) is 2.06.